The van der Waals surface area contributed by atoms with E-state index in [4.69, 9.17) is 14.2 Å². The van der Waals surface area contributed by atoms with Crippen LogP contribution in [0.1, 0.15) is 10.4 Å². The molecule has 0 unspecified atom stereocenters. The highest BCUT2D eigenvalue weighted by Crippen LogP contribution is 2.36. The number of benzene rings is 2. The van der Waals surface area contributed by atoms with Crippen molar-refractivity contribution in [3.05, 3.63) is 47.8 Å². The Kier molecular flexibility index (Phi) is 4.20. The summed E-state index contributed by atoms with van der Waals surface area (Å²) >= 11 is 0. The van der Waals surface area contributed by atoms with Gasteiger partial charge in [-0.15, -0.1) is 0 Å². The Bertz CT molecular complexity index is 608. The minimum Gasteiger partial charge on any atom is -0.493 e. The summed E-state index contributed by atoms with van der Waals surface area (Å²) in [6.07, 6.45) is 0.654. The fraction of sp³-hybridized carbons (Fsp3) is 0.133. The van der Waals surface area contributed by atoms with Crippen LogP contribution in [0.15, 0.2) is 36.4 Å². The Morgan fingerprint density at radius 3 is 2.10 bits per heavy atom. The maximum atomic E-state index is 12.8. The minimum atomic E-state index is -0.361. The van der Waals surface area contributed by atoms with Gasteiger partial charge in [0.05, 0.1) is 19.8 Å². The first-order chi connectivity index (χ1) is 9.67. The summed E-state index contributed by atoms with van der Waals surface area (Å²) in [7, 11) is 2.97. The molecular formula is C15H13FO4. The van der Waals surface area contributed by atoms with Crippen LogP contribution < -0.4 is 14.2 Å². The molecule has 0 aromatic heterocycles. The van der Waals surface area contributed by atoms with E-state index >= 15 is 0 Å². The topological polar surface area (TPSA) is 44.8 Å². The average Bonchev–Trinajstić information content (AvgIpc) is 2.49. The van der Waals surface area contributed by atoms with Crippen molar-refractivity contribution in [3.8, 4) is 23.0 Å². The molecule has 0 N–H and O–H groups in total. The lowest BCUT2D eigenvalue weighted by atomic mass is 10.2. The van der Waals surface area contributed by atoms with Crippen molar-refractivity contribution in [1.29, 1.82) is 0 Å². The molecule has 0 amide bonds. The van der Waals surface area contributed by atoms with E-state index in [-0.39, 0.29) is 5.82 Å². The molecule has 2 aromatic rings. The highest BCUT2D eigenvalue weighted by Gasteiger charge is 2.12. The molecule has 5 heteroatoms. The number of carbonyl (C=O) groups is 1. The number of ether oxygens (including phenoxy) is 3. The molecule has 0 aliphatic carbocycles. The molecule has 0 bridgehead atoms. The number of halogens is 1. The summed E-state index contributed by atoms with van der Waals surface area (Å²) < 4.78 is 28.7. The van der Waals surface area contributed by atoms with Crippen LogP contribution in [-0.2, 0) is 0 Å². The number of aldehydes is 1. The number of rotatable bonds is 5. The van der Waals surface area contributed by atoms with Gasteiger partial charge in [0, 0.05) is 6.07 Å². The largest absolute Gasteiger partial charge is 0.493 e. The zero-order valence-corrected chi connectivity index (χ0v) is 11.1. The number of hydrogen-bond acceptors (Lipinski definition) is 4. The second-order valence-electron chi connectivity index (χ2n) is 3.92. The van der Waals surface area contributed by atoms with Crippen molar-refractivity contribution < 1.29 is 23.4 Å². The van der Waals surface area contributed by atoms with E-state index < -0.39 is 0 Å². The maximum absolute atomic E-state index is 12.8. The predicted octanol–water partition coefficient (Wildman–Crippen LogP) is 3.45. The SMILES string of the molecule is COc1cc(C=O)c(Oc2ccc(F)cc2)cc1OC. The monoisotopic (exact) mass is 276 g/mol. The first-order valence-corrected chi connectivity index (χ1v) is 5.82. The quantitative estimate of drug-likeness (QED) is 0.785. The van der Waals surface area contributed by atoms with Gasteiger partial charge in [0.1, 0.15) is 17.3 Å². The summed E-state index contributed by atoms with van der Waals surface area (Å²) in [5, 5.41) is 0. The molecule has 2 rings (SSSR count). The van der Waals surface area contributed by atoms with Crippen molar-refractivity contribution in [2.24, 2.45) is 0 Å². The smallest absolute Gasteiger partial charge is 0.164 e. The fourth-order valence-electron chi connectivity index (χ4n) is 1.69. The Morgan fingerprint density at radius 2 is 1.55 bits per heavy atom. The molecule has 0 atom stereocenters. The van der Waals surface area contributed by atoms with E-state index in [0.717, 1.165) is 0 Å². The Hall–Kier alpha value is -2.56. The summed E-state index contributed by atoms with van der Waals surface area (Å²) in [6, 6.07) is 8.56. The van der Waals surface area contributed by atoms with E-state index in [2.05, 4.69) is 0 Å². The molecule has 2 aromatic carbocycles. The predicted molar refractivity (Wildman–Crippen MR) is 71.4 cm³/mol. The van der Waals surface area contributed by atoms with Gasteiger partial charge in [0.25, 0.3) is 0 Å². The first-order valence-electron chi connectivity index (χ1n) is 5.82. The second kappa shape index (κ2) is 6.06. The molecule has 0 spiro atoms. The van der Waals surface area contributed by atoms with Gasteiger partial charge in [-0.2, -0.15) is 0 Å². The average molecular weight is 276 g/mol. The van der Waals surface area contributed by atoms with Crippen molar-refractivity contribution in [3.63, 3.8) is 0 Å². The lowest BCUT2D eigenvalue weighted by Crippen LogP contribution is -1.96. The van der Waals surface area contributed by atoms with Crippen molar-refractivity contribution in [2.75, 3.05) is 14.2 Å². The number of hydrogen-bond donors (Lipinski definition) is 0. The Labute approximate surface area is 115 Å². The summed E-state index contributed by atoms with van der Waals surface area (Å²) in [6.45, 7) is 0. The van der Waals surface area contributed by atoms with Gasteiger partial charge in [-0.3, -0.25) is 4.79 Å². The van der Waals surface area contributed by atoms with Crippen molar-refractivity contribution >= 4 is 6.29 Å². The van der Waals surface area contributed by atoms with Crippen LogP contribution in [0.2, 0.25) is 0 Å². The van der Waals surface area contributed by atoms with E-state index in [9.17, 15) is 9.18 Å². The standard InChI is InChI=1S/C15H13FO4/c1-18-14-7-10(9-17)13(8-15(14)19-2)20-12-5-3-11(16)4-6-12/h3-9H,1-2H3. The van der Waals surface area contributed by atoms with E-state index in [1.807, 2.05) is 0 Å². The van der Waals surface area contributed by atoms with Gasteiger partial charge < -0.3 is 14.2 Å². The molecular weight excluding hydrogens is 263 g/mol. The zero-order chi connectivity index (χ0) is 14.5. The first kappa shape index (κ1) is 13.9. The molecule has 0 saturated carbocycles. The number of carbonyl (C=O) groups excluding carboxylic acids is 1. The third kappa shape index (κ3) is 2.88. The zero-order valence-electron chi connectivity index (χ0n) is 11.1. The van der Waals surface area contributed by atoms with Crippen LogP contribution in [0.5, 0.6) is 23.0 Å². The number of methoxy groups -OCH3 is 2. The van der Waals surface area contributed by atoms with Gasteiger partial charge in [0.15, 0.2) is 17.8 Å². The maximum Gasteiger partial charge on any atom is 0.164 e. The second-order valence-corrected chi connectivity index (χ2v) is 3.92. The third-order valence-electron chi connectivity index (χ3n) is 2.68. The highest BCUT2D eigenvalue weighted by atomic mass is 19.1. The normalized spacial score (nSPS) is 9.95. The van der Waals surface area contributed by atoms with Crippen LogP contribution in [0, 0.1) is 5.82 Å². The highest BCUT2D eigenvalue weighted by molar-refractivity contribution is 5.81. The summed E-state index contributed by atoms with van der Waals surface area (Å²) in [4.78, 5) is 11.1. The fourth-order valence-corrected chi connectivity index (χ4v) is 1.69. The molecule has 0 saturated heterocycles. The Morgan fingerprint density at radius 1 is 0.950 bits per heavy atom. The van der Waals surface area contributed by atoms with Crippen molar-refractivity contribution in [2.45, 2.75) is 0 Å². The van der Waals surface area contributed by atoms with Crippen LogP contribution in [0.4, 0.5) is 4.39 Å². The molecule has 0 heterocycles. The van der Waals surface area contributed by atoms with Gasteiger partial charge in [0.2, 0.25) is 0 Å². The van der Waals surface area contributed by atoms with Crippen molar-refractivity contribution in [1.82, 2.24) is 0 Å². The molecule has 20 heavy (non-hydrogen) atoms. The molecule has 104 valence electrons. The van der Waals surface area contributed by atoms with Gasteiger partial charge in [-0.1, -0.05) is 0 Å². The third-order valence-corrected chi connectivity index (χ3v) is 2.68. The summed E-state index contributed by atoms with van der Waals surface area (Å²) in [5.41, 5.74) is 0.312. The lowest BCUT2D eigenvalue weighted by molar-refractivity contribution is 0.112. The van der Waals surface area contributed by atoms with E-state index in [0.29, 0.717) is 34.8 Å². The van der Waals surface area contributed by atoms with Crippen LogP contribution >= 0.6 is 0 Å². The van der Waals surface area contributed by atoms with Gasteiger partial charge >= 0.3 is 0 Å². The van der Waals surface area contributed by atoms with Gasteiger partial charge in [-0.05, 0) is 30.3 Å². The molecule has 0 aliphatic rings. The van der Waals surface area contributed by atoms with E-state index in [1.54, 1.807) is 6.07 Å². The summed E-state index contributed by atoms with van der Waals surface area (Å²) in [5.74, 6) is 1.24. The Balaban J connectivity index is 2.39. The minimum absolute atomic E-state index is 0.309. The molecule has 4 nitrogen and oxygen atoms in total. The van der Waals surface area contributed by atoms with Crippen LogP contribution in [0.25, 0.3) is 0 Å². The van der Waals surface area contributed by atoms with Gasteiger partial charge in [-0.25, -0.2) is 4.39 Å². The van der Waals surface area contributed by atoms with Crippen LogP contribution in [0.3, 0.4) is 0 Å². The lowest BCUT2D eigenvalue weighted by Gasteiger charge is -2.13. The molecule has 0 radical (unpaired) electrons. The van der Waals surface area contributed by atoms with E-state index in [1.165, 1.54) is 44.6 Å². The molecule has 0 aliphatic heterocycles. The van der Waals surface area contributed by atoms with Crippen LogP contribution in [-0.4, -0.2) is 20.5 Å². The molecule has 0 fully saturated rings.